The minimum absolute atomic E-state index is 0.0578. The van der Waals surface area contributed by atoms with E-state index >= 15 is 0 Å². The molecule has 4 heterocycles. The quantitative estimate of drug-likeness (QED) is 0.308. The molecule has 0 spiro atoms. The SMILES string of the molecule is COc1ncc(-c2ccc3ncc4c(c3c2)n(-c2cn(C)nc2C)c(=O)n4C)cc1[N+](=O)[O-]. The van der Waals surface area contributed by atoms with Crippen molar-refractivity contribution in [3.8, 4) is 22.7 Å². The van der Waals surface area contributed by atoms with Crippen molar-refractivity contribution in [3.63, 3.8) is 0 Å². The fourth-order valence-electron chi connectivity index (χ4n) is 4.09. The fraction of sp³-hybridized carbons (Fsp3) is 0.182. The summed E-state index contributed by atoms with van der Waals surface area (Å²) in [6, 6.07) is 6.91. The Kier molecular flexibility index (Phi) is 4.48. The first-order chi connectivity index (χ1) is 15.8. The summed E-state index contributed by atoms with van der Waals surface area (Å²) in [5, 5.41) is 16.6. The van der Waals surface area contributed by atoms with Crippen LogP contribution in [0, 0.1) is 17.0 Å². The van der Waals surface area contributed by atoms with Gasteiger partial charge in [0.25, 0.3) is 5.88 Å². The van der Waals surface area contributed by atoms with Crippen LogP contribution in [0.4, 0.5) is 5.69 Å². The number of imidazole rings is 1. The van der Waals surface area contributed by atoms with Crippen LogP contribution in [0.5, 0.6) is 5.88 Å². The van der Waals surface area contributed by atoms with Crippen molar-refractivity contribution < 1.29 is 9.66 Å². The van der Waals surface area contributed by atoms with Crippen molar-refractivity contribution in [1.82, 2.24) is 28.9 Å². The van der Waals surface area contributed by atoms with Crippen LogP contribution in [0.25, 0.3) is 38.8 Å². The Labute approximate surface area is 186 Å². The number of rotatable bonds is 4. The summed E-state index contributed by atoms with van der Waals surface area (Å²) in [7, 11) is 4.83. The van der Waals surface area contributed by atoms with Gasteiger partial charge < -0.3 is 4.74 Å². The number of nitro groups is 1. The third-order valence-electron chi connectivity index (χ3n) is 5.67. The first kappa shape index (κ1) is 20.4. The van der Waals surface area contributed by atoms with E-state index in [0.717, 1.165) is 5.39 Å². The Balaban J connectivity index is 1.83. The lowest BCUT2D eigenvalue weighted by molar-refractivity contribution is -0.386. The number of hydrogen-bond donors (Lipinski definition) is 0. The zero-order valence-electron chi connectivity index (χ0n) is 18.3. The number of fused-ring (bicyclic) bond motifs is 3. The van der Waals surface area contributed by atoms with E-state index in [4.69, 9.17) is 4.74 Å². The number of nitrogens with zero attached hydrogens (tertiary/aromatic N) is 7. The molecule has 0 bridgehead atoms. The molecule has 0 aliphatic rings. The topological polar surface area (TPSA) is 123 Å². The first-order valence-electron chi connectivity index (χ1n) is 9.99. The standard InChI is InChI=1S/C22H19N7O4/c1-12-19(11-26(2)25-12)28-20-15-7-13(14-8-17(29(31)32)21(33-4)24-9-14)5-6-16(15)23-10-18(20)27(3)22(28)30/h5-11H,1-4H3. The molecule has 11 nitrogen and oxygen atoms in total. The van der Waals surface area contributed by atoms with Gasteiger partial charge in [0.15, 0.2) is 0 Å². The van der Waals surface area contributed by atoms with Gasteiger partial charge in [-0.05, 0) is 24.6 Å². The van der Waals surface area contributed by atoms with E-state index in [9.17, 15) is 14.9 Å². The number of aromatic nitrogens is 6. The maximum absolute atomic E-state index is 13.2. The molecule has 0 aliphatic heterocycles. The smallest absolute Gasteiger partial charge is 0.333 e. The Morgan fingerprint density at radius 3 is 2.55 bits per heavy atom. The lowest BCUT2D eigenvalue weighted by atomic mass is 10.0. The zero-order chi connectivity index (χ0) is 23.4. The summed E-state index contributed by atoms with van der Waals surface area (Å²) in [6.45, 7) is 1.84. The zero-order valence-corrected chi connectivity index (χ0v) is 18.3. The van der Waals surface area contributed by atoms with Crippen LogP contribution in [-0.4, -0.2) is 40.9 Å². The van der Waals surface area contributed by atoms with Crippen molar-refractivity contribution in [2.75, 3.05) is 7.11 Å². The molecule has 33 heavy (non-hydrogen) atoms. The molecule has 4 aromatic heterocycles. The summed E-state index contributed by atoms with van der Waals surface area (Å²) in [5.74, 6) is -0.0578. The number of ether oxygens (including phenoxy) is 1. The number of aryl methyl sites for hydroxylation is 3. The number of pyridine rings is 2. The fourth-order valence-corrected chi connectivity index (χ4v) is 4.09. The second-order valence-electron chi connectivity index (χ2n) is 7.68. The van der Waals surface area contributed by atoms with Crippen LogP contribution in [0.2, 0.25) is 0 Å². The summed E-state index contributed by atoms with van der Waals surface area (Å²) < 4.78 is 9.83. The van der Waals surface area contributed by atoms with Crippen molar-refractivity contribution in [2.24, 2.45) is 14.1 Å². The molecule has 0 N–H and O–H groups in total. The molecule has 0 unspecified atom stereocenters. The summed E-state index contributed by atoms with van der Waals surface area (Å²) in [6.07, 6.45) is 4.98. The number of methoxy groups -OCH3 is 1. The van der Waals surface area contributed by atoms with E-state index in [1.807, 2.05) is 25.1 Å². The maximum Gasteiger partial charge on any atom is 0.333 e. The second-order valence-corrected chi connectivity index (χ2v) is 7.68. The Morgan fingerprint density at radius 1 is 1.09 bits per heavy atom. The highest BCUT2D eigenvalue weighted by Crippen LogP contribution is 2.33. The molecule has 5 rings (SSSR count). The van der Waals surface area contributed by atoms with E-state index in [2.05, 4.69) is 15.1 Å². The average molecular weight is 445 g/mol. The van der Waals surface area contributed by atoms with Gasteiger partial charge in [-0.15, -0.1) is 0 Å². The van der Waals surface area contributed by atoms with E-state index in [-0.39, 0.29) is 17.3 Å². The second kappa shape index (κ2) is 7.26. The minimum atomic E-state index is -0.532. The van der Waals surface area contributed by atoms with Crippen molar-refractivity contribution >= 4 is 27.6 Å². The maximum atomic E-state index is 13.2. The molecule has 1 aromatic carbocycles. The monoisotopic (exact) mass is 445 g/mol. The van der Waals surface area contributed by atoms with Crippen molar-refractivity contribution in [3.05, 3.63) is 69.1 Å². The van der Waals surface area contributed by atoms with Gasteiger partial charge in [0, 0.05) is 43.5 Å². The molecule has 0 radical (unpaired) electrons. The van der Waals surface area contributed by atoms with Gasteiger partial charge >= 0.3 is 11.4 Å². The molecule has 11 heteroatoms. The van der Waals surface area contributed by atoms with Gasteiger partial charge in [0.2, 0.25) is 0 Å². The third kappa shape index (κ3) is 3.04. The van der Waals surface area contributed by atoms with E-state index < -0.39 is 4.92 Å². The predicted octanol–water partition coefficient (Wildman–Crippen LogP) is 2.90. The Bertz CT molecular complexity index is 1640. The van der Waals surface area contributed by atoms with Crippen molar-refractivity contribution in [2.45, 2.75) is 6.92 Å². The van der Waals surface area contributed by atoms with Crippen LogP contribution in [0.1, 0.15) is 5.69 Å². The molecule has 0 saturated heterocycles. The van der Waals surface area contributed by atoms with Gasteiger partial charge in [-0.3, -0.25) is 28.9 Å². The highest BCUT2D eigenvalue weighted by atomic mass is 16.6. The Morgan fingerprint density at radius 2 is 1.88 bits per heavy atom. The molecule has 0 saturated carbocycles. The van der Waals surface area contributed by atoms with E-state index in [1.165, 1.54) is 19.4 Å². The van der Waals surface area contributed by atoms with Crippen molar-refractivity contribution in [1.29, 1.82) is 0 Å². The van der Waals surface area contributed by atoms with E-state index in [1.54, 1.807) is 40.3 Å². The first-order valence-corrected chi connectivity index (χ1v) is 9.99. The Hall–Kier alpha value is -4.54. The molecule has 0 atom stereocenters. The summed E-state index contributed by atoms with van der Waals surface area (Å²) in [4.78, 5) is 32.7. The molecular weight excluding hydrogens is 426 g/mol. The normalized spacial score (nSPS) is 11.4. The van der Waals surface area contributed by atoms with Crippen LogP contribution < -0.4 is 10.4 Å². The van der Waals surface area contributed by atoms with Gasteiger partial charge in [-0.2, -0.15) is 5.10 Å². The summed E-state index contributed by atoms with van der Waals surface area (Å²) in [5.41, 5.74) is 4.20. The average Bonchev–Trinajstić information content (AvgIpc) is 3.27. The molecular formula is C22H19N7O4. The van der Waals surface area contributed by atoms with Gasteiger partial charge in [-0.25, -0.2) is 9.78 Å². The van der Waals surface area contributed by atoms with Crippen LogP contribution in [0.15, 0.2) is 47.7 Å². The lowest BCUT2D eigenvalue weighted by Gasteiger charge is -2.08. The highest BCUT2D eigenvalue weighted by Gasteiger charge is 2.21. The minimum Gasteiger partial charge on any atom is -0.476 e. The van der Waals surface area contributed by atoms with Gasteiger partial charge in [-0.1, -0.05) is 6.07 Å². The van der Waals surface area contributed by atoms with Gasteiger partial charge in [0.05, 0.1) is 46.2 Å². The molecule has 5 aromatic rings. The van der Waals surface area contributed by atoms with E-state index in [0.29, 0.717) is 39.1 Å². The number of hydrogen-bond acceptors (Lipinski definition) is 7. The van der Waals surface area contributed by atoms with Crippen LogP contribution in [-0.2, 0) is 14.1 Å². The molecule has 0 aliphatic carbocycles. The predicted molar refractivity (Wildman–Crippen MR) is 122 cm³/mol. The molecule has 166 valence electrons. The molecule has 0 fully saturated rings. The van der Waals surface area contributed by atoms with Gasteiger partial charge in [0.1, 0.15) is 0 Å². The third-order valence-corrected chi connectivity index (χ3v) is 5.67. The highest BCUT2D eigenvalue weighted by molar-refractivity contribution is 6.04. The summed E-state index contributed by atoms with van der Waals surface area (Å²) >= 11 is 0. The van der Waals surface area contributed by atoms with Crippen LogP contribution >= 0.6 is 0 Å². The van der Waals surface area contributed by atoms with Crippen LogP contribution in [0.3, 0.4) is 0 Å². The lowest BCUT2D eigenvalue weighted by Crippen LogP contribution is -2.21. The largest absolute Gasteiger partial charge is 0.476 e. The number of benzene rings is 1. The molecule has 0 amide bonds.